The molecular weight excluding hydrogens is 863 g/mol. The minimum atomic E-state index is -0.452. The zero-order valence-corrected chi connectivity index (χ0v) is 40.0. The second kappa shape index (κ2) is 18.5. The second-order valence-electron chi connectivity index (χ2n) is 18.6. The Hall–Kier alpha value is -7.58. The van der Waals surface area contributed by atoms with Crippen LogP contribution in [0.1, 0.15) is 66.5 Å². The van der Waals surface area contributed by atoms with Crippen LogP contribution in [0.5, 0.6) is 23.0 Å². The van der Waals surface area contributed by atoms with Gasteiger partial charge in [-0.15, -0.1) is 0 Å². The molecule has 0 unspecified atom stereocenters. The average Bonchev–Trinajstić information content (AvgIpc) is 3.81. The van der Waals surface area contributed by atoms with Gasteiger partial charge in [-0.3, -0.25) is 0 Å². The molecule has 6 nitrogen and oxygen atoms in total. The number of phenols is 2. The molecule has 10 rings (SSSR count). The number of fused-ring (bicyclic) bond motifs is 6. The average molecular weight is 919 g/mol. The Balaban J connectivity index is 0.955. The number of rotatable bonds is 14. The van der Waals surface area contributed by atoms with Crippen molar-refractivity contribution in [2.24, 2.45) is 0 Å². The van der Waals surface area contributed by atoms with E-state index in [0.29, 0.717) is 51.5 Å². The van der Waals surface area contributed by atoms with Gasteiger partial charge >= 0.3 is 0 Å². The molecule has 0 aliphatic rings. The predicted molar refractivity (Wildman–Crippen MR) is 278 cm³/mol. The van der Waals surface area contributed by atoms with Gasteiger partial charge in [0.15, 0.2) is 0 Å². The highest BCUT2D eigenvalue weighted by atomic mass is 19.1. The largest absolute Gasteiger partial charge is 0.505 e. The van der Waals surface area contributed by atoms with Gasteiger partial charge in [-0.1, -0.05) is 73.2 Å². The Morgan fingerprint density at radius 2 is 0.768 bits per heavy atom. The summed E-state index contributed by atoms with van der Waals surface area (Å²) in [5.41, 5.74) is 13.5. The monoisotopic (exact) mass is 918 g/mol. The molecule has 8 heteroatoms. The van der Waals surface area contributed by atoms with Gasteiger partial charge in [-0.2, -0.15) is 0 Å². The van der Waals surface area contributed by atoms with Crippen molar-refractivity contribution in [2.45, 2.75) is 73.6 Å². The molecule has 2 N–H and O–H groups in total. The Labute approximate surface area is 401 Å². The lowest BCUT2D eigenvalue weighted by molar-refractivity contribution is 0.248. The highest BCUT2D eigenvalue weighted by molar-refractivity contribution is 6.11. The van der Waals surface area contributed by atoms with Crippen LogP contribution in [0, 0.1) is 39.3 Å². The van der Waals surface area contributed by atoms with Crippen LogP contribution in [0.3, 0.4) is 0 Å². The lowest BCUT2D eigenvalue weighted by atomic mass is 9.97. The van der Waals surface area contributed by atoms with Crippen LogP contribution in [-0.2, 0) is 12.8 Å². The summed E-state index contributed by atoms with van der Waals surface area (Å²) < 4.78 is 47.6. The molecule has 0 spiro atoms. The van der Waals surface area contributed by atoms with Gasteiger partial charge in [-0.25, -0.2) is 8.78 Å². The van der Waals surface area contributed by atoms with Gasteiger partial charge in [-0.05, 0) is 161 Å². The zero-order valence-electron chi connectivity index (χ0n) is 40.0. The van der Waals surface area contributed by atoms with Gasteiger partial charge in [0.05, 0.1) is 46.7 Å². The van der Waals surface area contributed by atoms with E-state index in [-0.39, 0.29) is 24.7 Å². The topological polar surface area (TPSA) is 68.8 Å². The number of benzene rings is 8. The number of hydrogen-bond donors (Lipinski definition) is 2. The molecule has 0 amide bonds. The molecule has 8 aromatic carbocycles. The summed E-state index contributed by atoms with van der Waals surface area (Å²) in [5, 5.41) is 29.0. The Kier molecular flexibility index (Phi) is 12.1. The van der Waals surface area contributed by atoms with Gasteiger partial charge in [0.25, 0.3) is 0 Å². The lowest BCUT2D eigenvalue weighted by Crippen LogP contribution is -2.07. The molecule has 348 valence electrons. The molecule has 0 bridgehead atoms. The van der Waals surface area contributed by atoms with Crippen LogP contribution < -0.4 is 9.47 Å². The van der Waals surface area contributed by atoms with Crippen molar-refractivity contribution in [3.8, 4) is 56.6 Å². The van der Waals surface area contributed by atoms with Gasteiger partial charge in [0.2, 0.25) is 0 Å². The predicted octanol–water partition coefficient (Wildman–Crippen LogP) is 15.9. The third kappa shape index (κ3) is 8.43. The number of aromatic nitrogens is 2. The number of nitrogens with zero attached hydrogens (tertiary/aromatic N) is 2. The summed E-state index contributed by atoms with van der Waals surface area (Å²) >= 11 is 0. The van der Waals surface area contributed by atoms with Gasteiger partial charge < -0.3 is 28.8 Å². The normalized spacial score (nSPS) is 11.7. The molecule has 0 saturated heterocycles. The van der Waals surface area contributed by atoms with Crippen LogP contribution in [0.2, 0.25) is 0 Å². The molecule has 69 heavy (non-hydrogen) atoms. The van der Waals surface area contributed by atoms with E-state index in [1.54, 1.807) is 12.1 Å². The highest BCUT2D eigenvalue weighted by Gasteiger charge is 2.24. The summed E-state index contributed by atoms with van der Waals surface area (Å²) in [5.74, 6) is -0.0186. The first-order valence-electron chi connectivity index (χ1n) is 24.0. The molecule has 0 aliphatic carbocycles. The first-order chi connectivity index (χ1) is 33.4. The fraction of sp³-hybridized carbons (Fsp3) is 0.213. The molecule has 0 saturated carbocycles. The van der Waals surface area contributed by atoms with Crippen molar-refractivity contribution < 1.29 is 28.5 Å². The van der Waals surface area contributed by atoms with Crippen molar-refractivity contribution in [1.29, 1.82) is 0 Å². The molecule has 2 heterocycles. The minimum Gasteiger partial charge on any atom is -0.505 e. The van der Waals surface area contributed by atoms with E-state index in [4.69, 9.17) is 9.47 Å². The van der Waals surface area contributed by atoms with E-state index in [2.05, 4.69) is 123 Å². The zero-order chi connectivity index (χ0) is 48.1. The maximum Gasteiger partial charge on any atom is 0.147 e. The first kappa shape index (κ1) is 45.2. The number of aryl methyl sites for hydroxylation is 6. The van der Waals surface area contributed by atoms with Crippen LogP contribution in [0.25, 0.3) is 77.2 Å². The van der Waals surface area contributed by atoms with Crippen molar-refractivity contribution in [3.05, 3.63) is 178 Å². The molecule has 0 fully saturated rings. The van der Waals surface area contributed by atoms with Crippen LogP contribution >= 0.6 is 0 Å². The maximum absolute atomic E-state index is 15.3. The fourth-order valence-electron chi connectivity index (χ4n) is 10.1. The van der Waals surface area contributed by atoms with E-state index in [1.807, 2.05) is 24.3 Å². The van der Waals surface area contributed by atoms with Crippen LogP contribution in [0.4, 0.5) is 8.78 Å². The Bertz CT molecular complexity index is 3270. The van der Waals surface area contributed by atoms with Gasteiger partial charge in [0.1, 0.15) is 34.6 Å². The van der Waals surface area contributed by atoms with Crippen LogP contribution in [-0.4, -0.2) is 32.6 Å². The SMILES string of the molecule is CCCc1cc(-c2cc(F)ccc2OCCCOc2ccc(F)cc2-c2cc(CCC)cc(-n3c4ccc(C)cc4c4cc(C)ccc43)c2O)c(O)c(-n2c3ccc(C)cc3c3cc(C)ccc32)c1. The lowest BCUT2D eigenvalue weighted by Gasteiger charge is -2.19. The molecule has 2 aromatic heterocycles. The number of phenolic OH excluding ortho intramolecular Hbond substituents is 2. The molecular formula is C61H56F2N2O4. The Morgan fingerprint density at radius 1 is 0.420 bits per heavy atom. The van der Waals surface area contributed by atoms with Gasteiger partial charge in [0, 0.05) is 50.2 Å². The summed E-state index contributed by atoms with van der Waals surface area (Å²) in [6.45, 7) is 13.0. The summed E-state index contributed by atoms with van der Waals surface area (Å²) in [4.78, 5) is 0. The smallest absolute Gasteiger partial charge is 0.147 e. The Morgan fingerprint density at radius 3 is 1.10 bits per heavy atom. The highest BCUT2D eigenvalue weighted by Crippen LogP contribution is 2.46. The molecule has 0 atom stereocenters. The quantitative estimate of drug-likeness (QED) is 0.107. The number of aromatic hydroxyl groups is 2. The maximum atomic E-state index is 15.3. The second-order valence-corrected chi connectivity index (χ2v) is 18.6. The summed E-state index contributed by atoms with van der Waals surface area (Å²) in [7, 11) is 0. The fourth-order valence-corrected chi connectivity index (χ4v) is 10.1. The first-order valence-corrected chi connectivity index (χ1v) is 24.0. The third-order valence-electron chi connectivity index (χ3n) is 13.3. The van der Waals surface area contributed by atoms with Crippen molar-refractivity contribution in [1.82, 2.24) is 9.13 Å². The van der Waals surface area contributed by atoms with Crippen LogP contribution in [0.15, 0.2) is 133 Å². The van der Waals surface area contributed by atoms with E-state index in [0.717, 1.165) is 103 Å². The number of hydrogen-bond acceptors (Lipinski definition) is 4. The van der Waals surface area contributed by atoms with E-state index in [9.17, 15) is 10.2 Å². The molecule has 10 aromatic rings. The van der Waals surface area contributed by atoms with E-state index < -0.39 is 11.6 Å². The molecule has 0 radical (unpaired) electrons. The van der Waals surface area contributed by atoms with E-state index >= 15 is 8.78 Å². The summed E-state index contributed by atoms with van der Waals surface area (Å²) in [6, 6.07) is 42.1. The standard InChI is InChI=1S/C61H56F2N2O4/c1-7-10-40-30-50(60(66)56(32-40)64-52-18-12-36(3)26-44(52)45-27-37(4)13-19-53(45)64)48-34-42(62)16-22-58(48)68-24-9-25-69-59-23-17-43(63)35-49(59)51-31-41(11-8-2)33-57(61(51)67)65-54-20-14-38(5)28-46(54)47-29-39(6)15-21-55(47)65/h12-23,26-35,66-67H,7-11,24-25H2,1-6H3. The van der Waals surface area contributed by atoms with E-state index in [1.165, 1.54) is 24.3 Å². The van der Waals surface area contributed by atoms with Crippen molar-refractivity contribution in [2.75, 3.05) is 13.2 Å². The summed E-state index contributed by atoms with van der Waals surface area (Å²) in [6.07, 6.45) is 3.69. The number of ether oxygens (including phenoxy) is 2. The minimum absolute atomic E-state index is 0.0233. The molecule has 0 aliphatic heterocycles. The van der Waals surface area contributed by atoms with Crippen molar-refractivity contribution in [3.63, 3.8) is 0 Å². The third-order valence-corrected chi connectivity index (χ3v) is 13.3. The number of halogens is 2. The van der Waals surface area contributed by atoms with Crippen molar-refractivity contribution >= 4 is 43.6 Å².